The van der Waals surface area contributed by atoms with Gasteiger partial charge in [0.15, 0.2) is 0 Å². The lowest BCUT2D eigenvalue weighted by Gasteiger charge is -2.12. The third-order valence-corrected chi connectivity index (χ3v) is 2.35. The zero-order chi connectivity index (χ0) is 8.27. The smallest absolute Gasteiger partial charge is 0.0906 e. The second-order valence-corrected chi connectivity index (χ2v) is 3.44. The Hall–Kier alpha value is -0.150. The summed E-state index contributed by atoms with van der Waals surface area (Å²) in [5.74, 6) is 0.578. The highest BCUT2D eigenvalue weighted by atomic mass is 19.1. The van der Waals surface area contributed by atoms with Gasteiger partial charge in [0.25, 0.3) is 0 Å². The maximum atomic E-state index is 11.8. The minimum absolute atomic E-state index is 0.208. The van der Waals surface area contributed by atoms with Crippen LogP contribution in [0.5, 0.6) is 0 Å². The van der Waals surface area contributed by atoms with Gasteiger partial charge in [0.1, 0.15) is 0 Å². The molecule has 0 radical (unpaired) electrons. The van der Waals surface area contributed by atoms with Crippen molar-refractivity contribution in [2.24, 2.45) is 11.7 Å². The lowest BCUT2D eigenvalue weighted by atomic mass is 10.1. The molecule has 0 aromatic carbocycles. The van der Waals surface area contributed by atoms with Crippen LogP contribution in [0.15, 0.2) is 0 Å². The Morgan fingerprint density at radius 2 is 2.27 bits per heavy atom. The van der Waals surface area contributed by atoms with Gasteiger partial charge in [-0.25, -0.2) is 0 Å². The standard InChI is InChI=1S/C8H17FN2/c1-7-5-11(4-2-3-9)6-8(7)10/h7-8H,2-6,10H2,1H3/t7-,8?/m1/s1. The molecule has 1 aliphatic heterocycles. The average molecular weight is 160 g/mol. The molecule has 3 heteroatoms. The minimum Gasteiger partial charge on any atom is -0.326 e. The second kappa shape index (κ2) is 4.02. The molecule has 0 saturated carbocycles. The zero-order valence-electron chi connectivity index (χ0n) is 7.09. The van der Waals surface area contributed by atoms with E-state index in [1.165, 1.54) is 0 Å². The fraction of sp³-hybridized carbons (Fsp3) is 1.00. The number of likely N-dealkylation sites (tertiary alicyclic amines) is 1. The summed E-state index contributed by atoms with van der Waals surface area (Å²) < 4.78 is 11.8. The zero-order valence-corrected chi connectivity index (χ0v) is 7.09. The summed E-state index contributed by atoms with van der Waals surface area (Å²) in [5, 5.41) is 0. The third kappa shape index (κ3) is 2.42. The predicted octanol–water partition coefficient (Wildman–Crippen LogP) is 0.625. The van der Waals surface area contributed by atoms with Crippen molar-refractivity contribution < 1.29 is 4.39 Å². The summed E-state index contributed by atoms with van der Waals surface area (Å²) in [7, 11) is 0. The Kier molecular flexibility index (Phi) is 3.27. The van der Waals surface area contributed by atoms with E-state index in [1.54, 1.807) is 0 Å². The average Bonchev–Trinajstić information content (AvgIpc) is 2.28. The molecule has 1 rings (SSSR count). The van der Waals surface area contributed by atoms with Crippen molar-refractivity contribution in [2.45, 2.75) is 19.4 Å². The molecule has 2 nitrogen and oxygen atoms in total. The molecular weight excluding hydrogens is 143 g/mol. The highest BCUT2D eigenvalue weighted by molar-refractivity contribution is 4.83. The molecule has 2 N–H and O–H groups in total. The highest BCUT2D eigenvalue weighted by Crippen LogP contribution is 2.13. The van der Waals surface area contributed by atoms with Gasteiger partial charge < -0.3 is 10.6 Å². The van der Waals surface area contributed by atoms with Gasteiger partial charge in [-0.3, -0.25) is 4.39 Å². The maximum Gasteiger partial charge on any atom is 0.0906 e. The Balaban J connectivity index is 2.18. The number of alkyl halides is 1. The predicted molar refractivity (Wildman–Crippen MR) is 44.2 cm³/mol. The van der Waals surface area contributed by atoms with E-state index in [-0.39, 0.29) is 6.67 Å². The molecular formula is C8H17FN2. The Morgan fingerprint density at radius 3 is 2.73 bits per heavy atom. The third-order valence-electron chi connectivity index (χ3n) is 2.35. The first-order chi connectivity index (χ1) is 5.24. The Morgan fingerprint density at radius 1 is 1.55 bits per heavy atom. The van der Waals surface area contributed by atoms with Crippen LogP contribution in [0.4, 0.5) is 4.39 Å². The molecule has 0 bridgehead atoms. The van der Waals surface area contributed by atoms with Crippen molar-refractivity contribution >= 4 is 0 Å². The number of nitrogens with two attached hydrogens (primary N) is 1. The van der Waals surface area contributed by atoms with Crippen LogP contribution in [0.25, 0.3) is 0 Å². The van der Waals surface area contributed by atoms with Crippen molar-refractivity contribution in [3.05, 3.63) is 0 Å². The monoisotopic (exact) mass is 160 g/mol. The van der Waals surface area contributed by atoms with Crippen molar-refractivity contribution in [1.29, 1.82) is 0 Å². The second-order valence-electron chi connectivity index (χ2n) is 3.44. The van der Waals surface area contributed by atoms with Gasteiger partial charge in [0, 0.05) is 25.7 Å². The van der Waals surface area contributed by atoms with Crippen LogP contribution in [0, 0.1) is 5.92 Å². The van der Waals surface area contributed by atoms with Crippen LogP contribution in [0.2, 0.25) is 0 Å². The van der Waals surface area contributed by atoms with E-state index >= 15 is 0 Å². The number of nitrogens with zero attached hydrogens (tertiary/aromatic N) is 1. The van der Waals surface area contributed by atoms with Crippen LogP contribution >= 0.6 is 0 Å². The maximum absolute atomic E-state index is 11.8. The van der Waals surface area contributed by atoms with Gasteiger partial charge in [-0.15, -0.1) is 0 Å². The molecule has 2 atom stereocenters. The summed E-state index contributed by atoms with van der Waals surface area (Å²) in [6.45, 7) is 4.80. The van der Waals surface area contributed by atoms with Crippen molar-refractivity contribution in [1.82, 2.24) is 4.90 Å². The number of halogens is 1. The van der Waals surface area contributed by atoms with E-state index in [4.69, 9.17) is 5.73 Å². The molecule has 1 aliphatic rings. The Bertz CT molecular complexity index is 109. The van der Waals surface area contributed by atoms with Crippen LogP contribution in [0.3, 0.4) is 0 Å². The summed E-state index contributed by atoms with van der Waals surface area (Å²) in [4.78, 5) is 2.24. The number of hydrogen-bond acceptors (Lipinski definition) is 2. The van der Waals surface area contributed by atoms with E-state index in [2.05, 4.69) is 11.8 Å². The molecule has 0 aliphatic carbocycles. The van der Waals surface area contributed by atoms with Gasteiger partial charge in [0.05, 0.1) is 6.67 Å². The van der Waals surface area contributed by atoms with E-state index in [9.17, 15) is 4.39 Å². The largest absolute Gasteiger partial charge is 0.326 e. The van der Waals surface area contributed by atoms with Gasteiger partial charge in [-0.2, -0.15) is 0 Å². The number of hydrogen-bond donors (Lipinski definition) is 1. The first kappa shape index (κ1) is 8.94. The highest BCUT2D eigenvalue weighted by Gasteiger charge is 2.25. The normalized spacial score (nSPS) is 33.0. The van der Waals surface area contributed by atoms with Gasteiger partial charge in [-0.05, 0) is 12.3 Å². The Labute approximate surface area is 67.6 Å². The molecule has 0 spiro atoms. The molecule has 1 heterocycles. The SMILES string of the molecule is C[C@@H]1CN(CCCF)CC1N. The number of rotatable bonds is 3. The molecule has 0 amide bonds. The molecule has 66 valence electrons. The lowest BCUT2D eigenvalue weighted by molar-refractivity contribution is 0.303. The van der Waals surface area contributed by atoms with E-state index in [1.807, 2.05) is 0 Å². The topological polar surface area (TPSA) is 29.3 Å². The van der Waals surface area contributed by atoms with Gasteiger partial charge >= 0.3 is 0 Å². The van der Waals surface area contributed by atoms with Crippen LogP contribution in [0.1, 0.15) is 13.3 Å². The molecule has 1 fully saturated rings. The van der Waals surface area contributed by atoms with Crippen LogP contribution < -0.4 is 5.73 Å². The van der Waals surface area contributed by atoms with Gasteiger partial charge in [0.2, 0.25) is 0 Å². The summed E-state index contributed by atoms with van der Waals surface area (Å²) in [6, 6.07) is 0.301. The summed E-state index contributed by atoms with van der Waals surface area (Å²) >= 11 is 0. The lowest BCUT2D eigenvalue weighted by Crippen LogP contribution is -2.29. The first-order valence-corrected chi connectivity index (χ1v) is 4.28. The molecule has 0 aromatic heterocycles. The fourth-order valence-electron chi connectivity index (χ4n) is 1.56. The quantitative estimate of drug-likeness (QED) is 0.656. The van der Waals surface area contributed by atoms with E-state index in [0.717, 1.165) is 19.6 Å². The molecule has 1 unspecified atom stereocenters. The van der Waals surface area contributed by atoms with Crippen molar-refractivity contribution in [2.75, 3.05) is 26.3 Å². The molecule has 1 saturated heterocycles. The summed E-state index contributed by atoms with van der Waals surface area (Å²) in [6.07, 6.45) is 0.652. The van der Waals surface area contributed by atoms with Crippen LogP contribution in [-0.4, -0.2) is 37.3 Å². The van der Waals surface area contributed by atoms with Gasteiger partial charge in [-0.1, -0.05) is 6.92 Å². The van der Waals surface area contributed by atoms with Crippen molar-refractivity contribution in [3.63, 3.8) is 0 Å². The molecule has 0 aromatic rings. The van der Waals surface area contributed by atoms with Crippen LogP contribution in [-0.2, 0) is 0 Å². The minimum atomic E-state index is -0.208. The molecule has 11 heavy (non-hydrogen) atoms. The van der Waals surface area contributed by atoms with E-state index in [0.29, 0.717) is 18.4 Å². The van der Waals surface area contributed by atoms with E-state index < -0.39 is 0 Å². The summed E-state index contributed by atoms with van der Waals surface area (Å²) in [5.41, 5.74) is 5.80. The first-order valence-electron chi connectivity index (χ1n) is 4.28. The fourth-order valence-corrected chi connectivity index (χ4v) is 1.56. The van der Waals surface area contributed by atoms with Crippen molar-refractivity contribution in [3.8, 4) is 0 Å².